The number of anilines is 1. The molecule has 2 amide bonds. The van der Waals surface area contributed by atoms with Gasteiger partial charge in [0.25, 0.3) is 5.91 Å². The number of benzene rings is 2. The van der Waals surface area contributed by atoms with Crippen LogP contribution < -0.4 is 10.2 Å². The number of aromatic nitrogens is 1. The van der Waals surface area contributed by atoms with Gasteiger partial charge in [-0.1, -0.05) is 36.7 Å². The highest BCUT2D eigenvalue weighted by molar-refractivity contribution is 6.34. The second-order valence-corrected chi connectivity index (χ2v) is 7.64. The van der Waals surface area contributed by atoms with Crippen molar-refractivity contribution in [2.24, 2.45) is 0 Å². The molecule has 2 aromatic carbocycles. The normalized spacial score (nSPS) is 12.5. The summed E-state index contributed by atoms with van der Waals surface area (Å²) in [5, 5.41) is 3.48. The Balaban J connectivity index is 1.50. The lowest BCUT2D eigenvalue weighted by Crippen LogP contribution is -2.28. The van der Waals surface area contributed by atoms with Crippen LogP contribution in [0.5, 0.6) is 0 Å². The topological polar surface area (TPSA) is 62.3 Å². The van der Waals surface area contributed by atoms with Gasteiger partial charge in [0.2, 0.25) is 5.91 Å². The quantitative estimate of drug-likeness (QED) is 0.655. The van der Waals surface area contributed by atoms with E-state index in [1.165, 1.54) is 0 Å². The van der Waals surface area contributed by atoms with Crippen molar-refractivity contribution in [3.8, 4) is 11.1 Å². The number of nitrogens with one attached hydrogen (secondary N) is 1. The number of nitrogens with zero attached hydrogens (tertiary/aromatic N) is 2. The van der Waals surface area contributed by atoms with E-state index in [0.29, 0.717) is 30.1 Å². The van der Waals surface area contributed by atoms with Gasteiger partial charge < -0.3 is 10.2 Å². The smallest absolute Gasteiger partial charge is 0.251 e. The number of hydrogen-bond donors (Lipinski definition) is 1. The van der Waals surface area contributed by atoms with Gasteiger partial charge >= 0.3 is 0 Å². The van der Waals surface area contributed by atoms with Crippen LogP contribution in [0.4, 0.5) is 5.69 Å². The van der Waals surface area contributed by atoms with E-state index in [1.807, 2.05) is 49.4 Å². The number of amides is 2. The van der Waals surface area contributed by atoms with Crippen LogP contribution in [0, 0.1) is 0 Å². The van der Waals surface area contributed by atoms with Gasteiger partial charge in [-0.15, -0.1) is 0 Å². The molecule has 152 valence electrons. The van der Waals surface area contributed by atoms with Gasteiger partial charge in [0.1, 0.15) is 0 Å². The molecular weight excluding hydrogens is 398 g/mol. The van der Waals surface area contributed by atoms with Crippen LogP contribution in [-0.4, -0.2) is 23.3 Å². The molecule has 2 heterocycles. The van der Waals surface area contributed by atoms with E-state index in [-0.39, 0.29) is 11.8 Å². The second-order valence-electron chi connectivity index (χ2n) is 7.24. The number of fused-ring (bicyclic) bond motifs is 1. The average molecular weight is 420 g/mol. The highest BCUT2D eigenvalue weighted by Crippen LogP contribution is 2.39. The molecule has 1 aliphatic heterocycles. The van der Waals surface area contributed by atoms with Crippen LogP contribution in [0.15, 0.2) is 60.9 Å². The molecule has 5 nitrogen and oxygen atoms in total. The van der Waals surface area contributed by atoms with E-state index >= 15 is 0 Å². The van der Waals surface area contributed by atoms with Gasteiger partial charge in [-0.25, -0.2) is 0 Å². The lowest BCUT2D eigenvalue weighted by molar-refractivity contribution is -0.118. The Bertz CT molecular complexity index is 1080. The van der Waals surface area contributed by atoms with Gasteiger partial charge in [-0.2, -0.15) is 0 Å². The molecule has 1 N–H and O–H groups in total. The van der Waals surface area contributed by atoms with Crippen molar-refractivity contribution in [1.29, 1.82) is 0 Å². The summed E-state index contributed by atoms with van der Waals surface area (Å²) >= 11 is 6.54. The molecule has 0 bridgehead atoms. The molecule has 0 saturated carbocycles. The lowest BCUT2D eigenvalue weighted by atomic mass is 10.00. The standard InChI is InChI=1S/C24H22ClN3O2/c1-2-22(29)28-11-9-19-12-20(13-21(25)23(19)28)17-5-7-18(8-6-17)24(30)27-15-16-4-3-10-26-14-16/h3-8,10,12-14H,2,9,11,15H2,1H3,(H,27,30). The number of carbonyl (C=O) groups is 2. The highest BCUT2D eigenvalue weighted by atomic mass is 35.5. The summed E-state index contributed by atoms with van der Waals surface area (Å²) in [5.74, 6) is -0.0452. The zero-order valence-electron chi connectivity index (χ0n) is 16.7. The van der Waals surface area contributed by atoms with Crippen molar-refractivity contribution in [1.82, 2.24) is 10.3 Å². The summed E-state index contributed by atoms with van der Waals surface area (Å²) in [7, 11) is 0. The fourth-order valence-corrected chi connectivity index (χ4v) is 4.04. The van der Waals surface area contributed by atoms with E-state index < -0.39 is 0 Å². The van der Waals surface area contributed by atoms with Crippen LogP contribution in [0.1, 0.15) is 34.8 Å². The van der Waals surface area contributed by atoms with Gasteiger partial charge in [0.15, 0.2) is 0 Å². The summed E-state index contributed by atoms with van der Waals surface area (Å²) in [5.41, 5.74) is 5.41. The van der Waals surface area contributed by atoms with Crippen molar-refractivity contribution in [2.45, 2.75) is 26.3 Å². The van der Waals surface area contributed by atoms with E-state index in [9.17, 15) is 9.59 Å². The van der Waals surface area contributed by atoms with Crippen LogP contribution in [0.25, 0.3) is 11.1 Å². The molecule has 0 fully saturated rings. The summed E-state index contributed by atoms with van der Waals surface area (Å²) in [6, 6.07) is 15.2. The number of rotatable bonds is 5. The SMILES string of the molecule is CCC(=O)N1CCc2cc(-c3ccc(C(=O)NCc4cccnc4)cc3)cc(Cl)c21. The zero-order chi connectivity index (χ0) is 21.1. The summed E-state index contributed by atoms with van der Waals surface area (Å²) in [6.07, 6.45) is 4.69. The number of carbonyl (C=O) groups excluding carboxylic acids is 2. The van der Waals surface area contributed by atoms with Crippen LogP contribution >= 0.6 is 11.6 Å². The van der Waals surface area contributed by atoms with Gasteiger partial charge in [0.05, 0.1) is 10.7 Å². The third kappa shape index (κ3) is 4.07. The average Bonchev–Trinajstić information content (AvgIpc) is 3.22. The Morgan fingerprint density at radius 3 is 2.63 bits per heavy atom. The molecular formula is C24H22ClN3O2. The summed E-state index contributed by atoms with van der Waals surface area (Å²) < 4.78 is 0. The largest absolute Gasteiger partial charge is 0.348 e. The highest BCUT2D eigenvalue weighted by Gasteiger charge is 2.26. The first-order valence-corrected chi connectivity index (χ1v) is 10.3. The molecule has 1 aromatic heterocycles. The van der Waals surface area contributed by atoms with E-state index in [2.05, 4.69) is 16.4 Å². The molecule has 0 atom stereocenters. The Kier molecular flexibility index (Phi) is 5.81. The number of pyridine rings is 1. The van der Waals surface area contributed by atoms with E-state index in [0.717, 1.165) is 34.4 Å². The summed E-state index contributed by atoms with van der Waals surface area (Å²) in [4.78, 5) is 30.4. The van der Waals surface area contributed by atoms with Crippen molar-refractivity contribution in [3.63, 3.8) is 0 Å². The number of halogens is 1. The van der Waals surface area contributed by atoms with Crippen molar-refractivity contribution in [3.05, 3.63) is 82.6 Å². The first-order chi connectivity index (χ1) is 14.6. The maximum atomic E-state index is 12.4. The van der Waals surface area contributed by atoms with Crippen molar-refractivity contribution >= 4 is 29.1 Å². The molecule has 6 heteroatoms. The molecule has 0 saturated heterocycles. The minimum Gasteiger partial charge on any atom is -0.348 e. The van der Waals surface area contributed by atoms with Crippen molar-refractivity contribution < 1.29 is 9.59 Å². The second kappa shape index (κ2) is 8.67. The molecule has 0 spiro atoms. The van der Waals surface area contributed by atoms with Crippen LogP contribution in [-0.2, 0) is 17.8 Å². The predicted octanol–water partition coefficient (Wildman–Crippen LogP) is 4.63. The molecule has 0 aliphatic carbocycles. The van der Waals surface area contributed by atoms with Gasteiger partial charge in [0, 0.05) is 37.5 Å². The Hall–Kier alpha value is -3.18. The molecule has 0 unspecified atom stereocenters. The van der Waals surface area contributed by atoms with Gasteiger partial charge in [-0.3, -0.25) is 14.6 Å². The molecule has 30 heavy (non-hydrogen) atoms. The number of hydrogen-bond acceptors (Lipinski definition) is 3. The van der Waals surface area contributed by atoms with Crippen LogP contribution in [0.3, 0.4) is 0 Å². The van der Waals surface area contributed by atoms with E-state index in [4.69, 9.17) is 11.6 Å². The van der Waals surface area contributed by atoms with Crippen LogP contribution in [0.2, 0.25) is 5.02 Å². The minimum absolute atomic E-state index is 0.0880. The fourth-order valence-electron chi connectivity index (χ4n) is 3.70. The van der Waals surface area contributed by atoms with Crippen molar-refractivity contribution in [2.75, 3.05) is 11.4 Å². The summed E-state index contributed by atoms with van der Waals surface area (Å²) in [6.45, 7) is 2.96. The molecule has 0 radical (unpaired) electrons. The monoisotopic (exact) mass is 419 g/mol. The zero-order valence-corrected chi connectivity index (χ0v) is 17.4. The third-order valence-corrected chi connectivity index (χ3v) is 5.56. The third-order valence-electron chi connectivity index (χ3n) is 5.28. The molecule has 4 rings (SSSR count). The molecule has 3 aromatic rings. The Morgan fingerprint density at radius 2 is 1.93 bits per heavy atom. The first kappa shape index (κ1) is 20.1. The Morgan fingerprint density at radius 1 is 1.13 bits per heavy atom. The maximum Gasteiger partial charge on any atom is 0.251 e. The minimum atomic E-state index is -0.133. The fraction of sp³-hybridized carbons (Fsp3) is 0.208. The Labute approximate surface area is 180 Å². The molecule has 1 aliphatic rings. The van der Waals surface area contributed by atoms with E-state index in [1.54, 1.807) is 17.3 Å². The maximum absolute atomic E-state index is 12.4. The lowest BCUT2D eigenvalue weighted by Gasteiger charge is -2.18. The first-order valence-electron chi connectivity index (χ1n) is 9.97. The predicted molar refractivity (Wildman–Crippen MR) is 119 cm³/mol. The van der Waals surface area contributed by atoms with Gasteiger partial charge in [-0.05, 0) is 59.0 Å².